The molecule has 0 aliphatic heterocycles. The first-order valence-corrected chi connectivity index (χ1v) is 7.83. The number of rotatable bonds is 5. The first kappa shape index (κ1) is 16.7. The van der Waals surface area contributed by atoms with Crippen LogP contribution in [0.5, 0.6) is 0 Å². The number of carbonyl (C=O) groups excluding carboxylic acids is 1. The maximum Gasteiger partial charge on any atom is 0.359 e. The van der Waals surface area contributed by atoms with Gasteiger partial charge in [0.25, 0.3) is 0 Å². The van der Waals surface area contributed by atoms with Gasteiger partial charge in [0, 0.05) is 6.20 Å². The van der Waals surface area contributed by atoms with E-state index in [1.54, 1.807) is 29.5 Å². The number of esters is 1. The topological polar surface area (TPSA) is 67.4 Å². The zero-order chi connectivity index (χ0) is 17.8. The van der Waals surface area contributed by atoms with Gasteiger partial charge in [0.1, 0.15) is 18.2 Å². The summed E-state index contributed by atoms with van der Waals surface area (Å²) in [7, 11) is 0. The third kappa shape index (κ3) is 3.66. The second-order valence-electron chi connectivity index (χ2n) is 5.72. The highest BCUT2D eigenvalue weighted by molar-refractivity contribution is 5.95. The summed E-state index contributed by atoms with van der Waals surface area (Å²) in [4.78, 5) is 16.6. The van der Waals surface area contributed by atoms with Crippen LogP contribution in [0.15, 0.2) is 48.7 Å². The van der Waals surface area contributed by atoms with Gasteiger partial charge in [0.05, 0.1) is 17.5 Å². The quantitative estimate of drug-likeness (QED) is 0.670. The third-order valence-electron chi connectivity index (χ3n) is 3.91. The third-order valence-corrected chi connectivity index (χ3v) is 3.91. The number of aryl methyl sites for hydroxylation is 1. The summed E-state index contributed by atoms with van der Waals surface area (Å²) in [5.41, 5.74) is 1.71. The predicted octanol–water partition coefficient (Wildman–Crippen LogP) is 3.32. The van der Waals surface area contributed by atoms with E-state index < -0.39 is 11.9 Å². The SMILES string of the molecule is Cc1nc(C(=O)OC[C@H](C#N)Cc2ccc(F)cc2)c2ccccn12. The molecule has 0 aliphatic carbocycles. The second kappa shape index (κ2) is 7.14. The van der Waals surface area contributed by atoms with E-state index in [4.69, 9.17) is 4.74 Å². The minimum Gasteiger partial charge on any atom is -0.459 e. The number of halogens is 1. The minimum atomic E-state index is -0.559. The lowest BCUT2D eigenvalue weighted by Crippen LogP contribution is -2.15. The number of nitrogens with zero attached hydrogens (tertiary/aromatic N) is 3. The Morgan fingerprint density at radius 3 is 2.80 bits per heavy atom. The number of imidazole rings is 1. The summed E-state index contributed by atoms with van der Waals surface area (Å²) in [6.07, 6.45) is 2.20. The zero-order valence-corrected chi connectivity index (χ0v) is 13.6. The molecule has 0 saturated carbocycles. The lowest BCUT2D eigenvalue weighted by molar-refractivity contribution is 0.0464. The molecule has 1 atom stereocenters. The average Bonchev–Trinajstić information content (AvgIpc) is 2.97. The van der Waals surface area contributed by atoms with E-state index in [0.717, 1.165) is 5.56 Å². The number of ether oxygens (including phenoxy) is 1. The number of hydrogen-bond acceptors (Lipinski definition) is 4. The number of pyridine rings is 1. The lowest BCUT2D eigenvalue weighted by Gasteiger charge is -2.09. The Morgan fingerprint density at radius 1 is 1.32 bits per heavy atom. The number of nitriles is 1. The van der Waals surface area contributed by atoms with Crippen LogP contribution in [0.1, 0.15) is 21.9 Å². The molecule has 25 heavy (non-hydrogen) atoms. The molecule has 6 heteroatoms. The number of fused-ring (bicyclic) bond motifs is 1. The summed E-state index contributed by atoms with van der Waals surface area (Å²) in [5, 5.41) is 9.27. The van der Waals surface area contributed by atoms with Gasteiger partial charge in [0.2, 0.25) is 0 Å². The molecule has 2 heterocycles. The maximum atomic E-state index is 12.9. The normalized spacial score (nSPS) is 11.9. The molecule has 0 aliphatic rings. The lowest BCUT2D eigenvalue weighted by atomic mass is 10.0. The van der Waals surface area contributed by atoms with Crippen molar-refractivity contribution >= 4 is 11.5 Å². The van der Waals surface area contributed by atoms with Crippen molar-refractivity contribution in [2.75, 3.05) is 6.61 Å². The molecule has 1 aromatic carbocycles. The number of aromatic nitrogens is 2. The van der Waals surface area contributed by atoms with Gasteiger partial charge < -0.3 is 9.14 Å². The highest BCUT2D eigenvalue weighted by atomic mass is 19.1. The first-order chi connectivity index (χ1) is 12.1. The van der Waals surface area contributed by atoms with Crippen LogP contribution in [-0.2, 0) is 11.2 Å². The van der Waals surface area contributed by atoms with E-state index >= 15 is 0 Å². The largest absolute Gasteiger partial charge is 0.459 e. The van der Waals surface area contributed by atoms with Crippen LogP contribution in [0.25, 0.3) is 5.52 Å². The van der Waals surface area contributed by atoms with Crippen molar-refractivity contribution in [1.29, 1.82) is 5.26 Å². The molecule has 0 spiro atoms. The molecule has 2 aromatic heterocycles. The van der Waals surface area contributed by atoms with Gasteiger partial charge in [-0.15, -0.1) is 0 Å². The van der Waals surface area contributed by atoms with Crippen LogP contribution in [-0.4, -0.2) is 22.0 Å². The fourth-order valence-corrected chi connectivity index (χ4v) is 2.63. The predicted molar refractivity (Wildman–Crippen MR) is 89.4 cm³/mol. The van der Waals surface area contributed by atoms with Crippen LogP contribution in [0.2, 0.25) is 0 Å². The van der Waals surface area contributed by atoms with Crippen LogP contribution in [0, 0.1) is 30.0 Å². The van der Waals surface area contributed by atoms with Crippen LogP contribution < -0.4 is 0 Å². The summed E-state index contributed by atoms with van der Waals surface area (Å²) < 4.78 is 20.0. The van der Waals surface area contributed by atoms with Gasteiger partial charge in [-0.1, -0.05) is 18.2 Å². The Bertz CT molecular complexity index is 941. The fourth-order valence-electron chi connectivity index (χ4n) is 2.63. The van der Waals surface area contributed by atoms with E-state index in [1.807, 2.05) is 18.3 Å². The smallest absolute Gasteiger partial charge is 0.359 e. The van der Waals surface area contributed by atoms with Crippen molar-refractivity contribution < 1.29 is 13.9 Å². The minimum absolute atomic E-state index is 0.0440. The van der Waals surface area contributed by atoms with E-state index in [0.29, 0.717) is 17.8 Å². The maximum absolute atomic E-state index is 12.9. The van der Waals surface area contributed by atoms with E-state index in [1.165, 1.54) is 12.1 Å². The molecule has 3 aromatic rings. The van der Waals surface area contributed by atoms with Gasteiger partial charge >= 0.3 is 5.97 Å². The van der Waals surface area contributed by atoms with Crippen molar-refractivity contribution in [2.45, 2.75) is 13.3 Å². The number of hydrogen-bond donors (Lipinski definition) is 0. The Kier molecular flexibility index (Phi) is 4.75. The van der Waals surface area contributed by atoms with E-state index in [2.05, 4.69) is 11.1 Å². The van der Waals surface area contributed by atoms with E-state index in [9.17, 15) is 14.4 Å². The molecule has 5 nitrogen and oxygen atoms in total. The van der Waals surface area contributed by atoms with Gasteiger partial charge in [-0.3, -0.25) is 0 Å². The van der Waals surface area contributed by atoms with Crippen molar-refractivity contribution in [1.82, 2.24) is 9.38 Å². The Balaban J connectivity index is 1.68. The van der Waals surface area contributed by atoms with Crippen LogP contribution >= 0.6 is 0 Å². The van der Waals surface area contributed by atoms with Crippen LogP contribution in [0.4, 0.5) is 4.39 Å². The van der Waals surface area contributed by atoms with Gasteiger partial charge in [-0.05, 0) is 43.2 Å². The molecule has 0 fully saturated rings. The molecule has 0 amide bonds. The standard InChI is InChI=1S/C19H16FN3O2/c1-13-22-18(17-4-2-3-9-23(13)17)19(24)25-12-15(11-21)10-14-5-7-16(20)8-6-14/h2-9,15H,10,12H2,1H3/t15-/m0/s1. The highest BCUT2D eigenvalue weighted by Crippen LogP contribution is 2.15. The van der Waals surface area contributed by atoms with Gasteiger partial charge in [-0.25, -0.2) is 14.2 Å². The molecule has 126 valence electrons. The molecular formula is C19H16FN3O2. The Morgan fingerprint density at radius 2 is 2.08 bits per heavy atom. The van der Waals surface area contributed by atoms with Gasteiger partial charge in [0.15, 0.2) is 5.69 Å². The average molecular weight is 337 g/mol. The molecule has 0 N–H and O–H groups in total. The Labute approximate surface area is 144 Å². The van der Waals surface area contributed by atoms with E-state index in [-0.39, 0.29) is 18.1 Å². The van der Waals surface area contributed by atoms with Crippen LogP contribution in [0.3, 0.4) is 0 Å². The summed E-state index contributed by atoms with van der Waals surface area (Å²) in [6.45, 7) is 1.76. The zero-order valence-electron chi connectivity index (χ0n) is 13.6. The van der Waals surface area contributed by atoms with Crippen molar-refractivity contribution in [2.24, 2.45) is 5.92 Å². The second-order valence-corrected chi connectivity index (χ2v) is 5.72. The van der Waals surface area contributed by atoms with Gasteiger partial charge in [-0.2, -0.15) is 5.26 Å². The molecular weight excluding hydrogens is 321 g/mol. The Hall–Kier alpha value is -3.20. The van der Waals surface area contributed by atoms with Crippen molar-refractivity contribution in [3.63, 3.8) is 0 Å². The first-order valence-electron chi connectivity index (χ1n) is 7.83. The molecule has 0 bridgehead atoms. The van der Waals surface area contributed by atoms with Crippen molar-refractivity contribution in [3.05, 3.63) is 71.6 Å². The fraction of sp³-hybridized carbons (Fsp3) is 0.211. The summed E-state index contributed by atoms with van der Waals surface area (Å²) in [6, 6.07) is 13.5. The summed E-state index contributed by atoms with van der Waals surface area (Å²) in [5.74, 6) is -0.711. The monoisotopic (exact) mass is 337 g/mol. The molecule has 3 rings (SSSR count). The summed E-state index contributed by atoms with van der Waals surface area (Å²) >= 11 is 0. The molecule has 0 radical (unpaired) electrons. The number of benzene rings is 1. The number of carbonyl (C=O) groups is 1. The molecule has 0 unspecified atom stereocenters. The highest BCUT2D eigenvalue weighted by Gasteiger charge is 2.19. The molecule has 0 saturated heterocycles. The van der Waals surface area contributed by atoms with Crippen molar-refractivity contribution in [3.8, 4) is 6.07 Å².